The van der Waals surface area contributed by atoms with Crippen LogP contribution in [-0.2, 0) is 11.3 Å². The van der Waals surface area contributed by atoms with E-state index in [-0.39, 0.29) is 24.0 Å². The summed E-state index contributed by atoms with van der Waals surface area (Å²) in [4.78, 5) is 7.35. The summed E-state index contributed by atoms with van der Waals surface area (Å²) in [7, 11) is 1.72. The number of halogens is 1. The highest BCUT2D eigenvalue weighted by Gasteiger charge is 2.43. The minimum absolute atomic E-state index is 0. The Morgan fingerprint density at radius 1 is 1.26 bits per heavy atom. The van der Waals surface area contributed by atoms with Crippen LogP contribution in [0.4, 0.5) is 0 Å². The molecule has 0 bridgehead atoms. The van der Waals surface area contributed by atoms with Gasteiger partial charge in [-0.3, -0.25) is 0 Å². The van der Waals surface area contributed by atoms with Crippen LogP contribution in [0.15, 0.2) is 29.3 Å². The normalized spacial score (nSPS) is 18.1. The number of hydrogen-bond donors (Lipinski definition) is 1. The van der Waals surface area contributed by atoms with E-state index < -0.39 is 0 Å². The average molecular weight is 487 g/mol. The second-order valence-electron chi connectivity index (χ2n) is 7.54. The zero-order chi connectivity index (χ0) is 18.2. The highest BCUT2D eigenvalue weighted by atomic mass is 127. The molecule has 0 radical (unpaired) electrons. The van der Waals surface area contributed by atoms with E-state index in [1.165, 1.54) is 37.8 Å². The molecular formula is C21H34IN3O2. The summed E-state index contributed by atoms with van der Waals surface area (Å²) in [6.07, 6.45) is 6.41. The fraction of sp³-hybridized carbons (Fsp3) is 0.667. The Morgan fingerprint density at radius 2 is 2.11 bits per heavy atom. The number of rotatable bonds is 8. The van der Waals surface area contributed by atoms with Gasteiger partial charge in [0.1, 0.15) is 5.75 Å². The lowest BCUT2D eigenvalue weighted by Gasteiger charge is -2.38. The maximum absolute atomic E-state index is 5.80. The lowest BCUT2D eigenvalue weighted by molar-refractivity contribution is 0.151. The van der Waals surface area contributed by atoms with Crippen molar-refractivity contribution in [2.45, 2.75) is 45.6 Å². The molecule has 0 amide bonds. The fourth-order valence-electron chi connectivity index (χ4n) is 3.92. The molecule has 0 unspecified atom stereocenters. The zero-order valence-electron chi connectivity index (χ0n) is 16.7. The van der Waals surface area contributed by atoms with Gasteiger partial charge in [-0.15, -0.1) is 24.0 Å². The fourth-order valence-corrected chi connectivity index (χ4v) is 3.92. The van der Waals surface area contributed by atoms with Gasteiger partial charge in [-0.05, 0) is 49.3 Å². The van der Waals surface area contributed by atoms with Gasteiger partial charge in [0.15, 0.2) is 5.96 Å². The van der Waals surface area contributed by atoms with Crippen LogP contribution in [0.2, 0.25) is 0 Å². The summed E-state index contributed by atoms with van der Waals surface area (Å²) in [6.45, 7) is 7.44. The number of ether oxygens (including phenoxy) is 2. The van der Waals surface area contributed by atoms with Crippen LogP contribution >= 0.6 is 24.0 Å². The van der Waals surface area contributed by atoms with Crippen LogP contribution in [0.1, 0.15) is 44.6 Å². The number of likely N-dealkylation sites (tertiary alicyclic amines) is 1. The van der Waals surface area contributed by atoms with Crippen molar-refractivity contribution in [2.24, 2.45) is 10.4 Å². The highest BCUT2D eigenvalue weighted by Crippen LogP contribution is 2.47. The van der Waals surface area contributed by atoms with Gasteiger partial charge in [0, 0.05) is 39.8 Å². The maximum atomic E-state index is 5.80. The molecule has 1 saturated carbocycles. The van der Waals surface area contributed by atoms with Gasteiger partial charge in [-0.25, -0.2) is 4.99 Å². The van der Waals surface area contributed by atoms with Gasteiger partial charge in [0.05, 0.1) is 13.2 Å². The van der Waals surface area contributed by atoms with E-state index in [0.29, 0.717) is 18.6 Å². The van der Waals surface area contributed by atoms with Gasteiger partial charge in [0.2, 0.25) is 0 Å². The first-order chi connectivity index (χ1) is 12.7. The molecule has 2 fully saturated rings. The number of aliphatic imine (C=N–C) groups is 1. The lowest BCUT2D eigenvalue weighted by Crippen LogP contribution is -2.42. The minimum Gasteiger partial charge on any atom is -0.493 e. The monoisotopic (exact) mass is 487 g/mol. The zero-order valence-corrected chi connectivity index (χ0v) is 19.0. The van der Waals surface area contributed by atoms with E-state index in [0.717, 1.165) is 37.8 Å². The Balaban J connectivity index is 0.00000261. The number of hydrogen-bond acceptors (Lipinski definition) is 3. The summed E-state index contributed by atoms with van der Waals surface area (Å²) >= 11 is 0. The summed E-state index contributed by atoms with van der Waals surface area (Å²) in [5.41, 5.74) is 1.77. The SMILES string of the molecule is CCNC(=NCc1cccc(OCCCOC)c1)N1CCC2(CCC2)C1.I. The van der Waals surface area contributed by atoms with Gasteiger partial charge in [0.25, 0.3) is 0 Å². The van der Waals surface area contributed by atoms with Gasteiger partial charge in [-0.1, -0.05) is 18.6 Å². The second kappa shape index (κ2) is 11.1. The maximum Gasteiger partial charge on any atom is 0.194 e. The van der Waals surface area contributed by atoms with Crippen molar-refractivity contribution < 1.29 is 9.47 Å². The second-order valence-corrected chi connectivity index (χ2v) is 7.54. The van der Waals surface area contributed by atoms with Crippen molar-refractivity contribution in [3.05, 3.63) is 29.8 Å². The summed E-state index contributed by atoms with van der Waals surface area (Å²) in [5.74, 6) is 1.97. The molecule has 0 atom stereocenters. The van der Waals surface area contributed by atoms with E-state index in [4.69, 9.17) is 14.5 Å². The van der Waals surface area contributed by atoms with E-state index >= 15 is 0 Å². The number of methoxy groups -OCH3 is 1. The predicted octanol–water partition coefficient (Wildman–Crippen LogP) is 4.06. The third-order valence-electron chi connectivity index (χ3n) is 5.56. The van der Waals surface area contributed by atoms with Crippen molar-refractivity contribution in [1.29, 1.82) is 0 Å². The standard InChI is InChI=1S/C21H33N3O2.HI/c1-3-22-20(24-12-11-21(17-24)9-5-10-21)23-16-18-7-4-8-19(15-18)26-14-6-13-25-2;/h4,7-8,15H,3,5-6,9-14,16-17H2,1-2H3,(H,22,23);1H. The minimum atomic E-state index is 0. The summed E-state index contributed by atoms with van der Waals surface area (Å²) in [5, 5.41) is 3.47. The molecule has 1 aromatic carbocycles. The first-order valence-electron chi connectivity index (χ1n) is 9.99. The molecule has 1 N–H and O–H groups in total. The molecule has 152 valence electrons. The van der Waals surface area contributed by atoms with E-state index in [9.17, 15) is 0 Å². The van der Waals surface area contributed by atoms with Crippen molar-refractivity contribution in [1.82, 2.24) is 10.2 Å². The van der Waals surface area contributed by atoms with Crippen LogP contribution in [0.3, 0.4) is 0 Å². The van der Waals surface area contributed by atoms with Crippen LogP contribution in [0.5, 0.6) is 5.75 Å². The molecule has 1 aromatic rings. The van der Waals surface area contributed by atoms with Crippen molar-refractivity contribution in [3.8, 4) is 5.75 Å². The lowest BCUT2D eigenvalue weighted by atomic mass is 9.68. The number of benzene rings is 1. The van der Waals surface area contributed by atoms with Gasteiger partial charge in [-0.2, -0.15) is 0 Å². The molecule has 1 aliphatic carbocycles. The Kier molecular flexibility index (Phi) is 9.15. The number of nitrogens with one attached hydrogen (secondary N) is 1. The van der Waals surface area contributed by atoms with E-state index in [1.807, 2.05) is 12.1 Å². The Bertz CT molecular complexity index is 605. The molecule has 5 nitrogen and oxygen atoms in total. The smallest absolute Gasteiger partial charge is 0.194 e. The average Bonchev–Trinajstić information content (AvgIpc) is 3.09. The van der Waals surface area contributed by atoms with E-state index in [1.54, 1.807) is 7.11 Å². The van der Waals surface area contributed by atoms with Crippen LogP contribution < -0.4 is 10.1 Å². The summed E-state index contributed by atoms with van der Waals surface area (Å²) < 4.78 is 10.9. The van der Waals surface area contributed by atoms with Crippen LogP contribution in [0, 0.1) is 5.41 Å². The summed E-state index contributed by atoms with van der Waals surface area (Å²) in [6, 6.07) is 8.26. The van der Waals surface area contributed by atoms with Gasteiger partial charge < -0.3 is 19.7 Å². The van der Waals surface area contributed by atoms with Crippen molar-refractivity contribution in [2.75, 3.05) is 40.0 Å². The third-order valence-corrected chi connectivity index (χ3v) is 5.56. The Morgan fingerprint density at radius 3 is 2.78 bits per heavy atom. The number of nitrogens with zero attached hydrogens (tertiary/aromatic N) is 2. The molecule has 1 aliphatic heterocycles. The molecule has 27 heavy (non-hydrogen) atoms. The quantitative estimate of drug-likeness (QED) is 0.260. The first kappa shape index (κ1) is 22.3. The van der Waals surface area contributed by atoms with Gasteiger partial charge >= 0.3 is 0 Å². The molecule has 1 saturated heterocycles. The largest absolute Gasteiger partial charge is 0.493 e. The Hall–Kier alpha value is -1.02. The van der Waals surface area contributed by atoms with Crippen LogP contribution in [0.25, 0.3) is 0 Å². The molecule has 2 aliphatic rings. The van der Waals surface area contributed by atoms with Crippen molar-refractivity contribution >= 4 is 29.9 Å². The molecule has 3 rings (SSSR count). The third kappa shape index (κ3) is 6.24. The first-order valence-corrected chi connectivity index (χ1v) is 9.99. The van der Waals surface area contributed by atoms with Crippen LogP contribution in [-0.4, -0.2) is 50.8 Å². The van der Waals surface area contributed by atoms with Crippen molar-refractivity contribution in [3.63, 3.8) is 0 Å². The topological polar surface area (TPSA) is 46.1 Å². The van der Waals surface area contributed by atoms with E-state index in [2.05, 4.69) is 29.3 Å². The highest BCUT2D eigenvalue weighted by molar-refractivity contribution is 14.0. The predicted molar refractivity (Wildman–Crippen MR) is 121 cm³/mol. The molecule has 1 spiro atoms. The molecule has 1 heterocycles. The number of guanidine groups is 1. The molecule has 6 heteroatoms. The molecular weight excluding hydrogens is 453 g/mol. The molecule has 0 aromatic heterocycles. The Labute approximate surface area is 180 Å².